The average Bonchev–Trinajstić information content (AvgIpc) is 2.69. The van der Waals surface area contributed by atoms with Gasteiger partial charge in [0, 0.05) is 23.6 Å². The highest BCUT2D eigenvalue weighted by molar-refractivity contribution is 14.0. The molecule has 0 saturated heterocycles. The van der Waals surface area contributed by atoms with Crippen molar-refractivity contribution in [3.63, 3.8) is 0 Å². The van der Waals surface area contributed by atoms with Gasteiger partial charge in [-0.1, -0.05) is 41.4 Å². The van der Waals surface area contributed by atoms with Crippen molar-refractivity contribution in [1.29, 1.82) is 0 Å². The summed E-state index contributed by atoms with van der Waals surface area (Å²) in [7, 11) is 3.26. The third-order valence-corrected chi connectivity index (χ3v) is 4.63. The monoisotopic (exact) mass is 550 g/mol. The smallest absolute Gasteiger partial charge is 0.239 e. The minimum absolute atomic E-state index is 0. The average molecular weight is 551 g/mol. The zero-order valence-electron chi connectivity index (χ0n) is 16.5. The maximum atomic E-state index is 12.1. The number of carbonyl (C=O) groups is 1. The fraction of sp³-hybridized carbons (Fsp3) is 0.300. The lowest BCUT2D eigenvalue weighted by atomic mass is 10.1. The van der Waals surface area contributed by atoms with Crippen molar-refractivity contribution < 1.29 is 9.53 Å². The Kier molecular flexibility index (Phi) is 11.2. The van der Waals surface area contributed by atoms with E-state index in [0.29, 0.717) is 22.5 Å². The second kappa shape index (κ2) is 12.8. The maximum absolute atomic E-state index is 12.1. The molecule has 0 aliphatic carbocycles. The molecule has 158 valence electrons. The number of benzene rings is 2. The summed E-state index contributed by atoms with van der Waals surface area (Å²) in [5, 5.41) is 10.2. The van der Waals surface area contributed by atoms with Crippen molar-refractivity contribution in [2.45, 2.75) is 19.5 Å². The Bertz CT molecular complexity index is 832. The predicted molar refractivity (Wildman–Crippen MR) is 130 cm³/mol. The Morgan fingerprint density at radius 2 is 1.83 bits per heavy atom. The lowest BCUT2D eigenvalue weighted by Gasteiger charge is -2.19. The quantitative estimate of drug-likeness (QED) is 0.275. The van der Waals surface area contributed by atoms with Crippen molar-refractivity contribution in [2.24, 2.45) is 4.99 Å². The Labute approximate surface area is 198 Å². The van der Waals surface area contributed by atoms with E-state index >= 15 is 0 Å². The molecule has 0 saturated carbocycles. The van der Waals surface area contributed by atoms with Crippen LogP contribution in [0.15, 0.2) is 47.5 Å². The first-order valence-electron chi connectivity index (χ1n) is 8.74. The highest BCUT2D eigenvalue weighted by Gasteiger charge is 2.12. The van der Waals surface area contributed by atoms with E-state index in [1.807, 2.05) is 37.3 Å². The number of hydrogen-bond acceptors (Lipinski definition) is 3. The third kappa shape index (κ3) is 8.28. The van der Waals surface area contributed by atoms with E-state index in [1.54, 1.807) is 26.3 Å². The van der Waals surface area contributed by atoms with Crippen LogP contribution in [0, 0.1) is 0 Å². The second-order valence-electron chi connectivity index (χ2n) is 6.08. The molecular formula is C20H25Cl2IN4O2. The first kappa shape index (κ1) is 25.3. The summed E-state index contributed by atoms with van der Waals surface area (Å²) < 4.78 is 5.12. The van der Waals surface area contributed by atoms with Crippen LogP contribution in [0.1, 0.15) is 24.1 Å². The van der Waals surface area contributed by atoms with E-state index < -0.39 is 0 Å². The molecule has 1 atom stereocenters. The maximum Gasteiger partial charge on any atom is 0.239 e. The van der Waals surface area contributed by atoms with E-state index in [1.165, 1.54) is 0 Å². The number of hydrogen-bond donors (Lipinski definition) is 3. The SMILES string of the molecule is CN=C(NCC(=O)NCc1ccc(OC)cc1)NC(C)c1ccc(Cl)cc1Cl.I. The normalized spacial score (nSPS) is 11.8. The molecule has 0 radical (unpaired) electrons. The van der Waals surface area contributed by atoms with Crippen LogP contribution in [0.3, 0.4) is 0 Å². The minimum atomic E-state index is -0.143. The van der Waals surface area contributed by atoms with Gasteiger partial charge in [-0.05, 0) is 42.3 Å². The van der Waals surface area contributed by atoms with Gasteiger partial charge < -0.3 is 20.7 Å². The molecule has 0 heterocycles. The molecule has 0 fully saturated rings. The number of rotatable bonds is 7. The summed E-state index contributed by atoms with van der Waals surface area (Å²) in [5.41, 5.74) is 1.88. The molecule has 0 aromatic heterocycles. The zero-order valence-corrected chi connectivity index (χ0v) is 20.3. The van der Waals surface area contributed by atoms with Crippen molar-refractivity contribution >= 4 is 59.0 Å². The first-order valence-corrected chi connectivity index (χ1v) is 9.50. The lowest BCUT2D eigenvalue weighted by Crippen LogP contribution is -2.43. The number of amides is 1. The molecule has 1 amide bonds. The Hall–Kier alpha value is -1.71. The minimum Gasteiger partial charge on any atom is -0.497 e. The molecule has 0 aliphatic heterocycles. The van der Waals surface area contributed by atoms with Crippen molar-refractivity contribution in [3.05, 3.63) is 63.6 Å². The van der Waals surface area contributed by atoms with Gasteiger partial charge in [0.05, 0.1) is 19.7 Å². The van der Waals surface area contributed by atoms with E-state index in [-0.39, 0.29) is 42.5 Å². The van der Waals surface area contributed by atoms with Crippen molar-refractivity contribution in [3.8, 4) is 5.75 Å². The van der Waals surface area contributed by atoms with Gasteiger partial charge in [0.1, 0.15) is 5.75 Å². The molecule has 3 N–H and O–H groups in total. The van der Waals surface area contributed by atoms with Crippen LogP contribution < -0.4 is 20.7 Å². The van der Waals surface area contributed by atoms with Gasteiger partial charge in [-0.25, -0.2) is 0 Å². The Morgan fingerprint density at radius 3 is 2.41 bits per heavy atom. The van der Waals surface area contributed by atoms with Crippen LogP contribution in [0.4, 0.5) is 0 Å². The summed E-state index contributed by atoms with van der Waals surface area (Å²) in [6.45, 7) is 2.48. The van der Waals surface area contributed by atoms with Crippen molar-refractivity contribution in [1.82, 2.24) is 16.0 Å². The van der Waals surface area contributed by atoms with E-state index in [4.69, 9.17) is 27.9 Å². The molecule has 0 bridgehead atoms. The van der Waals surface area contributed by atoms with Crippen LogP contribution in [0.2, 0.25) is 10.0 Å². The highest BCUT2D eigenvalue weighted by Crippen LogP contribution is 2.25. The van der Waals surface area contributed by atoms with Crippen LogP contribution in [-0.4, -0.2) is 32.6 Å². The van der Waals surface area contributed by atoms with Gasteiger partial charge in [-0.3, -0.25) is 9.79 Å². The van der Waals surface area contributed by atoms with Gasteiger partial charge >= 0.3 is 0 Å². The van der Waals surface area contributed by atoms with Gasteiger partial charge in [-0.15, -0.1) is 24.0 Å². The highest BCUT2D eigenvalue weighted by atomic mass is 127. The molecule has 29 heavy (non-hydrogen) atoms. The van der Waals surface area contributed by atoms with Gasteiger partial charge in [0.15, 0.2) is 5.96 Å². The Balaban J connectivity index is 0.00000420. The number of methoxy groups -OCH3 is 1. The number of guanidine groups is 1. The summed E-state index contributed by atoms with van der Waals surface area (Å²) in [6, 6.07) is 12.7. The van der Waals surface area contributed by atoms with Gasteiger partial charge in [0.25, 0.3) is 0 Å². The molecule has 1 unspecified atom stereocenters. The summed E-state index contributed by atoms with van der Waals surface area (Å²) in [4.78, 5) is 16.2. The fourth-order valence-electron chi connectivity index (χ4n) is 2.50. The Morgan fingerprint density at radius 1 is 1.14 bits per heavy atom. The first-order chi connectivity index (χ1) is 13.4. The van der Waals surface area contributed by atoms with Crippen LogP contribution in [0.25, 0.3) is 0 Å². The van der Waals surface area contributed by atoms with E-state index in [0.717, 1.165) is 16.9 Å². The second-order valence-corrected chi connectivity index (χ2v) is 6.93. The number of nitrogens with one attached hydrogen (secondary N) is 3. The van der Waals surface area contributed by atoms with Crippen LogP contribution >= 0.6 is 47.2 Å². The largest absolute Gasteiger partial charge is 0.497 e. The third-order valence-electron chi connectivity index (χ3n) is 4.07. The summed E-state index contributed by atoms with van der Waals surface area (Å²) in [6.07, 6.45) is 0. The van der Waals surface area contributed by atoms with Crippen molar-refractivity contribution in [2.75, 3.05) is 20.7 Å². The standard InChI is InChI=1S/C20H24Cl2N4O2.HI/c1-13(17-9-6-15(21)10-18(17)22)26-20(23-2)25-12-19(27)24-11-14-4-7-16(28-3)8-5-14;/h4-10,13H,11-12H2,1-3H3,(H,24,27)(H2,23,25,26);1H. The number of nitrogens with zero attached hydrogens (tertiary/aromatic N) is 1. The fourth-order valence-corrected chi connectivity index (χ4v) is 3.07. The summed E-state index contributed by atoms with van der Waals surface area (Å²) >= 11 is 12.2. The molecule has 2 aromatic carbocycles. The molecular weight excluding hydrogens is 526 g/mol. The van der Waals surface area contributed by atoms with Gasteiger partial charge in [0.2, 0.25) is 5.91 Å². The molecule has 0 aliphatic rings. The lowest BCUT2D eigenvalue weighted by molar-refractivity contribution is -0.120. The van der Waals surface area contributed by atoms with E-state index in [9.17, 15) is 4.79 Å². The molecule has 2 aromatic rings. The summed E-state index contributed by atoms with van der Waals surface area (Å²) in [5.74, 6) is 1.13. The topological polar surface area (TPSA) is 74.8 Å². The molecule has 6 nitrogen and oxygen atoms in total. The van der Waals surface area contributed by atoms with Crippen LogP contribution in [0.5, 0.6) is 5.75 Å². The molecule has 2 rings (SSSR count). The van der Waals surface area contributed by atoms with Gasteiger partial charge in [-0.2, -0.15) is 0 Å². The molecule has 9 heteroatoms. The van der Waals surface area contributed by atoms with E-state index in [2.05, 4.69) is 20.9 Å². The molecule has 0 spiro atoms. The predicted octanol–water partition coefficient (Wildman–Crippen LogP) is 4.16. The number of halogens is 3. The zero-order chi connectivity index (χ0) is 20.5. The number of ether oxygens (including phenoxy) is 1. The van der Waals surface area contributed by atoms with Crippen LogP contribution in [-0.2, 0) is 11.3 Å². The number of aliphatic imine (C=N–C) groups is 1. The number of carbonyl (C=O) groups excluding carboxylic acids is 1.